The highest BCUT2D eigenvalue weighted by atomic mass is 32.3. The lowest BCUT2D eigenvalue weighted by atomic mass is 9.90. The van der Waals surface area contributed by atoms with Gasteiger partial charge in [-0.15, -0.1) is 35.3 Å². The summed E-state index contributed by atoms with van der Waals surface area (Å²) in [7, 11) is 0. The van der Waals surface area contributed by atoms with E-state index in [1.54, 1.807) is 0 Å². The molecule has 0 radical (unpaired) electrons. The highest BCUT2D eigenvalue weighted by molar-refractivity contribution is 8.33. The van der Waals surface area contributed by atoms with Crippen molar-refractivity contribution in [1.82, 2.24) is 0 Å². The molecular weight excluding hydrogens is 392 g/mol. The topological polar surface area (TPSA) is 26.3 Å². The number of ether oxygens (including phenoxy) is 1. The zero-order valence-electron chi connectivity index (χ0n) is 18.3. The van der Waals surface area contributed by atoms with Crippen molar-refractivity contribution in [3.05, 3.63) is 0 Å². The van der Waals surface area contributed by atoms with Gasteiger partial charge < -0.3 is 4.74 Å². The Balaban J connectivity index is 2.27. The molecule has 0 aromatic heterocycles. The average Bonchev–Trinajstić information content (AvgIpc) is 2.96. The van der Waals surface area contributed by atoms with Gasteiger partial charge in [-0.05, 0) is 31.6 Å². The lowest BCUT2D eigenvalue weighted by Gasteiger charge is -2.37. The smallest absolute Gasteiger partial charge is 0.309 e. The Morgan fingerprint density at radius 2 is 1.26 bits per heavy atom. The van der Waals surface area contributed by atoms with Gasteiger partial charge in [-0.2, -0.15) is 0 Å². The molecule has 160 valence electrons. The number of hydrogen-bond donors (Lipinski definition) is 0. The molecule has 1 heterocycles. The van der Waals surface area contributed by atoms with Gasteiger partial charge >= 0.3 is 5.97 Å². The van der Waals surface area contributed by atoms with Crippen molar-refractivity contribution in [1.29, 1.82) is 0 Å². The third kappa shape index (κ3) is 8.04. The standard InChI is InChI=1S/C22H42O2S3/c1-6-7-8-9-10-11-12-13-14-15-16-17-19-20(18(2)21(23)24-19)22(25-3,26-4)27-5/h18-20H,6-17H2,1-5H3/t18-,19+,20-/m0/s1. The van der Waals surface area contributed by atoms with Gasteiger partial charge in [0.2, 0.25) is 0 Å². The fourth-order valence-corrected chi connectivity index (χ4v) is 8.12. The third-order valence-corrected chi connectivity index (χ3v) is 11.5. The minimum Gasteiger partial charge on any atom is -0.462 e. The molecule has 1 aliphatic rings. The van der Waals surface area contributed by atoms with Crippen LogP contribution in [0.15, 0.2) is 0 Å². The predicted molar refractivity (Wildman–Crippen MR) is 127 cm³/mol. The van der Waals surface area contributed by atoms with Crippen LogP contribution in [0.5, 0.6) is 0 Å². The quantitative estimate of drug-likeness (QED) is 0.141. The van der Waals surface area contributed by atoms with Crippen molar-refractivity contribution in [2.24, 2.45) is 11.8 Å². The first-order valence-corrected chi connectivity index (χ1v) is 14.6. The first kappa shape index (κ1) is 25.6. The van der Waals surface area contributed by atoms with Gasteiger partial charge in [-0.3, -0.25) is 4.79 Å². The van der Waals surface area contributed by atoms with E-state index in [0.717, 1.165) is 6.42 Å². The molecule has 1 saturated heterocycles. The maximum atomic E-state index is 12.2. The van der Waals surface area contributed by atoms with E-state index in [1.807, 2.05) is 35.3 Å². The van der Waals surface area contributed by atoms with E-state index in [1.165, 1.54) is 70.6 Å². The molecule has 0 aromatic carbocycles. The van der Waals surface area contributed by atoms with Gasteiger partial charge in [0, 0.05) is 5.92 Å². The average molecular weight is 435 g/mol. The van der Waals surface area contributed by atoms with E-state index in [9.17, 15) is 4.79 Å². The van der Waals surface area contributed by atoms with E-state index < -0.39 is 0 Å². The van der Waals surface area contributed by atoms with Crippen LogP contribution in [0.2, 0.25) is 0 Å². The molecule has 0 aliphatic carbocycles. The van der Waals surface area contributed by atoms with Gasteiger partial charge in [-0.1, -0.05) is 78.1 Å². The molecule has 0 amide bonds. The van der Waals surface area contributed by atoms with Gasteiger partial charge in [0.15, 0.2) is 0 Å². The number of carbonyl (C=O) groups is 1. The SMILES string of the molecule is CCCCCCCCCCCCC[C@H]1OC(=O)[C@@H](C)[C@@H]1C(SC)(SC)SC. The largest absolute Gasteiger partial charge is 0.462 e. The summed E-state index contributed by atoms with van der Waals surface area (Å²) < 4.78 is 5.83. The third-order valence-electron chi connectivity index (χ3n) is 5.93. The molecular formula is C22H42O2S3. The van der Waals surface area contributed by atoms with Crippen LogP contribution in [0, 0.1) is 11.8 Å². The minimum absolute atomic E-state index is 0.00889. The fraction of sp³-hybridized carbons (Fsp3) is 0.955. The fourth-order valence-electron chi connectivity index (χ4n) is 4.24. The zero-order valence-corrected chi connectivity index (χ0v) is 20.7. The number of esters is 1. The van der Waals surface area contributed by atoms with Crippen LogP contribution in [-0.2, 0) is 9.53 Å². The Hall–Kier alpha value is 0.520. The minimum atomic E-state index is 0.00889. The second-order valence-electron chi connectivity index (χ2n) is 7.83. The maximum absolute atomic E-state index is 12.2. The highest BCUT2D eigenvalue weighted by Crippen LogP contribution is 2.55. The number of thioether (sulfide) groups is 3. The van der Waals surface area contributed by atoms with Gasteiger partial charge in [-0.25, -0.2) is 0 Å². The maximum Gasteiger partial charge on any atom is 0.309 e. The number of hydrogen-bond acceptors (Lipinski definition) is 5. The van der Waals surface area contributed by atoms with E-state index in [4.69, 9.17) is 4.74 Å². The second kappa shape index (κ2) is 14.5. The Bertz CT molecular complexity index is 391. The molecule has 27 heavy (non-hydrogen) atoms. The van der Waals surface area contributed by atoms with Crippen molar-refractivity contribution in [2.75, 3.05) is 18.8 Å². The molecule has 0 unspecified atom stereocenters. The molecule has 0 saturated carbocycles. The summed E-state index contributed by atoms with van der Waals surface area (Å²) in [5.74, 6) is 0.317. The molecule has 1 rings (SSSR count). The molecule has 2 nitrogen and oxygen atoms in total. The van der Waals surface area contributed by atoms with Crippen molar-refractivity contribution >= 4 is 41.3 Å². The number of carbonyl (C=O) groups excluding carboxylic acids is 1. The number of cyclic esters (lactones) is 1. The molecule has 0 N–H and O–H groups in total. The first-order chi connectivity index (χ1) is 13.1. The molecule has 0 aromatic rings. The Morgan fingerprint density at radius 1 is 0.815 bits per heavy atom. The Labute approximate surface area is 181 Å². The van der Waals surface area contributed by atoms with Crippen LogP contribution in [0.25, 0.3) is 0 Å². The van der Waals surface area contributed by atoms with Crippen molar-refractivity contribution in [2.45, 2.75) is 100 Å². The van der Waals surface area contributed by atoms with Crippen LogP contribution in [0.4, 0.5) is 0 Å². The lowest BCUT2D eigenvalue weighted by molar-refractivity contribution is -0.144. The second-order valence-corrected chi connectivity index (χ2v) is 11.8. The predicted octanol–water partition coefficient (Wildman–Crippen LogP) is 7.61. The summed E-state index contributed by atoms with van der Waals surface area (Å²) in [5.41, 5.74) is 0. The van der Waals surface area contributed by atoms with Crippen LogP contribution in [-0.4, -0.2) is 34.3 Å². The van der Waals surface area contributed by atoms with E-state index in [2.05, 4.69) is 32.6 Å². The molecule has 3 atom stereocenters. The summed E-state index contributed by atoms with van der Waals surface area (Å²) in [6, 6.07) is 0. The number of unbranched alkanes of at least 4 members (excludes halogenated alkanes) is 10. The van der Waals surface area contributed by atoms with Crippen molar-refractivity contribution in [3.8, 4) is 0 Å². The summed E-state index contributed by atoms with van der Waals surface area (Å²) >= 11 is 5.63. The van der Waals surface area contributed by atoms with Gasteiger partial charge in [0.1, 0.15) is 9.52 Å². The normalized spacial score (nSPS) is 23.0. The summed E-state index contributed by atoms with van der Waals surface area (Å²) in [5, 5.41) is 0. The monoisotopic (exact) mass is 434 g/mol. The molecule has 5 heteroatoms. The van der Waals surface area contributed by atoms with Crippen LogP contribution in [0.3, 0.4) is 0 Å². The summed E-state index contributed by atoms with van der Waals surface area (Å²) in [4.78, 5) is 12.2. The summed E-state index contributed by atoms with van der Waals surface area (Å²) in [6.45, 7) is 4.34. The summed E-state index contributed by atoms with van der Waals surface area (Å²) in [6.07, 6.45) is 22.6. The Morgan fingerprint density at radius 3 is 1.70 bits per heavy atom. The van der Waals surface area contributed by atoms with E-state index in [-0.39, 0.29) is 21.4 Å². The lowest BCUT2D eigenvalue weighted by Crippen LogP contribution is -2.37. The van der Waals surface area contributed by atoms with Crippen LogP contribution < -0.4 is 0 Å². The van der Waals surface area contributed by atoms with Gasteiger partial charge in [0.25, 0.3) is 0 Å². The van der Waals surface area contributed by atoms with Crippen molar-refractivity contribution in [3.63, 3.8) is 0 Å². The van der Waals surface area contributed by atoms with E-state index in [0.29, 0.717) is 5.92 Å². The van der Waals surface area contributed by atoms with Crippen LogP contribution >= 0.6 is 35.3 Å². The Kier molecular flexibility index (Phi) is 13.7. The molecule has 0 spiro atoms. The van der Waals surface area contributed by atoms with Gasteiger partial charge in [0.05, 0.1) is 5.92 Å². The number of rotatable bonds is 16. The molecule has 0 bridgehead atoms. The molecule has 1 fully saturated rings. The zero-order chi connectivity index (χ0) is 20.1. The van der Waals surface area contributed by atoms with Crippen LogP contribution in [0.1, 0.15) is 90.9 Å². The highest BCUT2D eigenvalue weighted by Gasteiger charge is 2.53. The van der Waals surface area contributed by atoms with E-state index >= 15 is 0 Å². The molecule has 1 aliphatic heterocycles. The first-order valence-electron chi connectivity index (χ1n) is 10.9. The van der Waals surface area contributed by atoms with Crippen molar-refractivity contribution < 1.29 is 9.53 Å².